The van der Waals surface area contributed by atoms with Crippen LogP contribution in [0.15, 0.2) is 0 Å². The van der Waals surface area contributed by atoms with E-state index < -0.39 is 47.3 Å². The molecule has 37 heavy (non-hydrogen) atoms. The van der Waals surface area contributed by atoms with Crippen LogP contribution in [0.3, 0.4) is 0 Å². The van der Waals surface area contributed by atoms with Gasteiger partial charge in [-0.25, -0.2) is 0 Å². The minimum atomic E-state index is -3.82. The Morgan fingerprint density at radius 1 is 1.11 bits per heavy atom. The molecule has 0 radical (unpaired) electrons. The van der Waals surface area contributed by atoms with Gasteiger partial charge in [-0.15, -0.1) is 0 Å². The zero-order valence-electron chi connectivity index (χ0n) is 24.7. The van der Waals surface area contributed by atoms with E-state index in [4.69, 9.17) is 23.9 Å². The third-order valence-electron chi connectivity index (χ3n) is 7.50. The molecule has 0 aromatic heterocycles. The molecular weight excluding hydrogens is 516 g/mol. The van der Waals surface area contributed by atoms with Gasteiger partial charge < -0.3 is 19.7 Å². The first-order valence-electron chi connectivity index (χ1n) is 12.8. The minimum Gasteiger partial charge on any atom is -0.417 e. The number of nitrogens with two attached hydrogens (primary N) is 1. The van der Waals surface area contributed by atoms with E-state index in [0.717, 1.165) is 5.06 Å². The van der Waals surface area contributed by atoms with Gasteiger partial charge in [-0.2, -0.15) is 13.5 Å². The highest BCUT2D eigenvalue weighted by Gasteiger charge is 2.57. The summed E-state index contributed by atoms with van der Waals surface area (Å²) in [6.07, 6.45) is 0.874. The molecule has 1 aliphatic rings. The van der Waals surface area contributed by atoms with Gasteiger partial charge in [-0.3, -0.25) is 13.8 Å². The summed E-state index contributed by atoms with van der Waals surface area (Å²) in [5, 5.41) is 1.07. The second kappa shape index (κ2) is 12.0. The number of hydrogen-bond acceptors (Lipinski definition) is 9. The molecule has 0 saturated carbocycles. The molecule has 12 heteroatoms. The van der Waals surface area contributed by atoms with Crippen molar-refractivity contribution in [3.05, 3.63) is 0 Å². The first-order chi connectivity index (χ1) is 16.4. The van der Waals surface area contributed by atoms with E-state index in [9.17, 15) is 18.0 Å². The number of amides is 1. The zero-order valence-corrected chi connectivity index (χ0v) is 26.5. The molecule has 1 rings (SSSR count). The summed E-state index contributed by atoms with van der Waals surface area (Å²) in [6, 6.07) is -0.621. The molecule has 1 amide bonds. The van der Waals surface area contributed by atoms with Crippen molar-refractivity contribution in [1.82, 2.24) is 5.06 Å². The second-order valence-corrected chi connectivity index (χ2v) is 20.0. The highest BCUT2D eigenvalue weighted by atomic mass is 32.2. The molecule has 2 N–H and O–H groups in total. The topological polar surface area (TPSA) is 134 Å². The molecule has 0 aromatic carbocycles. The van der Waals surface area contributed by atoms with Crippen molar-refractivity contribution in [2.24, 2.45) is 16.6 Å². The van der Waals surface area contributed by atoms with Gasteiger partial charge in [0, 0.05) is 20.0 Å². The summed E-state index contributed by atoms with van der Waals surface area (Å²) < 4.78 is 42.0. The Morgan fingerprint density at radius 3 is 2.16 bits per heavy atom. The van der Waals surface area contributed by atoms with Crippen LogP contribution in [0.5, 0.6) is 0 Å². The lowest BCUT2D eigenvalue weighted by atomic mass is 9.72. The van der Waals surface area contributed by atoms with Gasteiger partial charge in [0.25, 0.3) is 16.0 Å². The maximum Gasteiger partial charge on any atom is 0.329 e. The largest absolute Gasteiger partial charge is 0.417 e. The van der Waals surface area contributed by atoms with E-state index in [1.165, 1.54) is 6.92 Å². The van der Waals surface area contributed by atoms with Crippen molar-refractivity contribution in [2.75, 3.05) is 32.2 Å². The SMILES string of the molecule is CC(=O)ON1C(=O)[C@@](N)(C(C)(C)C)C[C@H]1COCCS(=O)(=O)OCC(C)(C)CCO[Si](C)(C)C(C)(C)C. The number of hydrogen-bond donors (Lipinski definition) is 1. The van der Waals surface area contributed by atoms with E-state index in [1.807, 2.05) is 34.6 Å². The standard InChI is InChI=1S/C25H50N2O8SSi/c1-19(28)35-27-20(16-25(26,21(27)29)22(2,3)4)17-32-14-15-36(30,31)33-18-24(8,9)12-13-34-37(10,11)23(5,6)7/h20H,12-18,26H2,1-11H3/t20-,25+/m0/s1. The number of ether oxygens (including phenoxy) is 1. The third kappa shape index (κ3) is 9.57. The molecule has 2 atom stereocenters. The van der Waals surface area contributed by atoms with Crippen LogP contribution < -0.4 is 5.73 Å². The predicted molar refractivity (Wildman–Crippen MR) is 145 cm³/mol. The third-order valence-corrected chi connectivity index (χ3v) is 13.2. The predicted octanol–water partition coefficient (Wildman–Crippen LogP) is 3.61. The lowest BCUT2D eigenvalue weighted by molar-refractivity contribution is -0.203. The van der Waals surface area contributed by atoms with Crippen LogP contribution in [-0.2, 0) is 37.9 Å². The molecule has 1 saturated heterocycles. The average Bonchev–Trinajstić information content (AvgIpc) is 2.94. The van der Waals surface area contributed by atoms with Crippen LogP contribution >= 0.6 is 0 Å². The van der Waals surface area contributed by atoms with Crippen molar-refractivity contribution in [3.8, 4) is 0 Å². The molecule has 0 aromatic rings. The van der Waals surface area contributed by atoms with Gasteiger partial charge in [0.1, 0.15) is 5.54 Å². The Morgan fingerprint density at radius 2 is 1.68 bits per heavy atom. The molecule has 0 aliphatic carbocycles. The van der Waals surface area contributed by atoms with Gasteiger partial charge in [0.2, 0.25) is 0 Å². The van der Waals surface area contributed by atoms with Gasteiger partial charge in [-0.1, -0.05) is 55.4 Å². The summed E-state index contributed by atoms with van der Waals surface area (Å²) in [6.45, 7) is 21.9. The molecule has 0 unspecified atom stereocenters. The summed E-state index contributed by atoms with van der Waals surface area (Å²) in [5.74, 6) is -1.49. The molecule has 1 heterocycles. The summed E-state index contributed by atoms with van der Waals surface area (Å²) in [5.41, 5.74) is 4.19. The van der Waals surface area contributed by atoms with Crippen LogP contribution in [0, 0.1) is 10.8 Å². The number of carbonyl (C=O) groups excluding carboxylic acids is 2. The Bertz CT molecular complexity index is 909. The summed E-state index contributed by atoms with van der Waals surface area (Å²) in [7, 11) is -5.70. The summed E-state index contributed by atoms with van der Waals surface area (Å²) >= 11 is 0. The van der Waals surface area contributed by atoms with Crippen LogP contribution in [-0.4, -0.2) is 77.4 Å². The Labute approximate surface area is 225 Å². The maximum atomic E-state index is 12.9. The number of nitrogens with zero attached hydrogens (tertiary/aromatic N) is 1. The fraction of sp³-hybridized carbons (Fsp3) is 0.920. The van der Waals surface area contributed by atoms with Crippen molar-refractivity contribution in [3.63, 3.8) is 0 Å². The first-order valence-corrected chi connectivity index (χ1v) is 17.3. The van der Waals surface area contributed by atoms with Gasteiger partial charge in [0.15, 0.2) is 8.32 Å². The Balaban J connectivity index is 2.58. The van der Waals surface area contributed by atoms with Crippen molar-refractivity contribution in [1.29, 1.82) is 0 Å². The Hall–Kier alpha value is -1.05. The van der Waals surface area contributed by atoms with Gasteiger partial charge >= 0.3 is 5.97 Å². The monoisotopic (exact) mass is 566 g/mol. The van der Waals surface area contributed by atoms with E-state index in [-0.39, 0.29) is 42.4 Å². The fourth-order valence-electron chi connectivity index (χ4n) is 3.47. The van der Waals surface area contributed by atoms with Crippen LogP contribution in [0.2, 0.25) is 18.1 Å². The van der Waals surface area contributed by atoms with Crippen molar-refractivity contribution >= 4 is 30.3 Å². The maximum absolute atomic E-state index is 12.9. The fourth-order valence-corrected chi connectivity index (χ4v) is 5.46. The smallest absolute Gasteiger partial charge is 0.329 e. The number of hydroxylamine groups is 2. The quantitative estimate of drug-likeness (QED) is 0.201. The average molecular weight is 567 g/mol. The lowest BCUT2D eigenvalue weighted by Gasteiger charge is -2.37. The van der Waals surface area contributed by atoms with Crippen molar-refractivity contribution in [2.45, 2.75) is 105 Å². The highest BCUT2D eigenvalue weighted by molar-refractivity contribution is 7.86. The highest BCUT2D eigenvalue weighted by Crippen LogP contribution is 2.40. The number of carbonyl (C=O) groups is 2. The second-order valence-electron chi connectivity index (χ2n) is 13.4. The van der Waals surface area contributed by atoms with Gasteiger partial charge in [0.05, 0.1) is 31.6 Å². The van der Waals surface area contributed by atoms with Crippen LogP contribution in [0.1, 0.15) is 75.2 Å². The molecule has 1 aliphatic heterocycles. The molecule has 10 nitrogen and oxygen atoms in total. The molecule has 0 spiro atoms. The zero-order chi connectivity index (χ0) is 29.1. The van der Waals surface area contributed by atoms with E-state index in [1.54, 1.807) is 0 Å². The van der Waals surface area contributed by atoms with Crippen LogP contribution in [0.4, 0.5) is 0 Å². The molecule has 218 valence electrons. The van der Waals surface area contributed by atoms with Crippen LogP contribution in [0.25, 0.3) is 0 Å². The molecule has 0 bridgehead atoms. The van der Waals surface area contributed by atoms with E-state index in [2.05, 4.69) is 33.9 Å². The molecular formula is C25H50N2O8SSi. The lowest BCUT2D eigenvalue weighted by Crippen LogP contribution is -2.57. The first kappa shape index (κ1) is 34.0. The normalized spacial score (nSPS) is 22.0. The molecule has 1 fully saturated rings. The van der Waals surface area contributed by atoms with E-state index in [0.29, 0.717) is 13.0 Å². The minimum absolute atomic E-state index is 0.0279. The van der Waals surface area contributed by atoms with E-state index >= 15 is 0 Å². The van der Waals surface area contributed by atoms with Gasteiger partial charge in [-0.05, 0) is 35.4 Å². The van der Waals surface area contributed by atoms with Crippen molar-refractivity contribution < 1.29 is 36.2 Å². The Kier molecular flexibility index (Phi) is 11.0. The number of rotatable bonds is 13. The summed E-state index contributed by atoms with van der Waals surface area (Å²) in [4.78, 5) is 29.5.